The smallest absolute Gasteiger partial charge is 0.262 e. The zero-order valence-corrected chi connectivity index (χ0v) is 12.9. The number of rotatable bonds is 3. The molecular formula is C16H14N2O4S. The minimum absolute atomic E-state index is 0.130. The summed E-state index contributed by atoms with van der Waals surface area (Å²) in [7, 11) is -3.72. The van der Waals surface area contributed by atoms with Gasteiger partial charge in [0.25, 0.3) is 10.0 Å². The molecule has 1 aliphatic heterocycles. The molecule has 0 fully saturated rings. The number of aromatic nitrogens is 1. The third-order valence-corrected chi connectivity index (χ3v) is 5.02. The number of benzene rings is 2. The zero-order chi connectivity index (χ0) is 15.9. The molecule has 6 nitrogen and oxygen atoms in total. The van der Waals surface area contributed by atoms with Gasteiger partial charge < -0.3 is 14.5 Å². The minimum atomic E-state index is -3.72. The second kappa shape index (κ2) is 5.20. The minimum Gasteiger partial charge on any atom is -0.486 e. The van der Waals surface area contributed by atoms with Gasteiger partial charge in [0.2, 0.25) is 0 Å². The molecule has 0 spiro atoms. The van der Waals surface area contributed by atoms with Gasteiger partial charge in [0.1, 0.15) is 13.2 Å². The van der Waals surface area contributed by atoms with Gasteiger partial charge in [-0.25, -0.2) is 8.42 Å². The van der Waals surface area contributed by atoms with Crippen molar-refractivity contribution in [2.24, 2.45) is 0 Å². The maximum Gasteiger partial charge on any atom is 0.262 e. The molecule has 0 atom stereocenters. The number of nitrogens with one attached hydrogen (secondary N) is 2. The number of aromatic amines is 1. The van der Waals surface area contributed by atoms with Crippen molar-refractivity contribution in [3.63, 3.8) is 0 Å². The lowest BCUT2D eigenvalue weighted by Crippen LogP contribution is -2.17. The standard InChI is InChI=1S/C16H14N2O4S/c19-23(20,12-4-5-14-15(10-12)22-9-8-21-14)18-13-3-1-2-11-6-7-17-16(11)13/h1-7,10,17-18H,8-9H2. The monoisotopic (exact) mass is 330 g/mol. The van der Waals surface area contributed by atoms with Crippen LogP contribution in [0.25, 0.3) is 10.9 Å². The molecule has 1 aliphatic rings. The lowest BCUT2D eigenvalue weighted by molar-refractivity contribution is 0.171. The Bertz CT molecular complexity index is 979. The first-order valence-electron chi connectivity index (χ1n) is 7.12. The molecule has 1 aromatic heterocycles. The van der Waals surface area contributed by atoms with Crippen molar-refractivity contribution in [3.05, 3.63) is 48.7 Å². The Morgan fingerprint density at radius 2 is 1.83 bits per heavy atom. The first kappa shape index (κ1) is 14.0. The summed E-state index contributed by atoms with van der Waals surface area (Å²) in [6.45, 7) is 0.873. The predicted molar refractivity (Wildman–Crippen MR) is 86.5 cm³/mol. The maximum atomic E-state index is 12.6. The Hall–Kier alpha value is -2.67. The van der Waals surface area contributed by atoms with Crippen LogP contribution in [0.1, 0.15) is 0 Å². The first-order valence-corrected chi connectivity index (χ1v) is 8.60. The van der Waals surface area contributed by atoms with Gasteiger partial charge in [0.15, 0.2) is 11.5 Å². The van der Waals surface area contributed by atoms with E-state index in [-0.39, 0.29) is 4.90 Å². The summed E-state index contributed by atoms with van der Waals surface area (Å²) in [6, 6.07) is 11.9. The number of hydrogen-bond acceptors (Lipinski definition) is 4. The second-order valence-electron chi connectivity index (χ2n) is 5.16. The topological polar surface area (TPSA) is 80.4 Å². The van der Waals surface area contributed by atoms with Crippen molar-refractivity contribution in [3.8, 4) is 11.5 Å². The van der Waals surface area contributed by atoms with Crippen LogP contribution in [0.4, 0.5) is 5.69 Å². The van der Waals surface area contributed by atoms with E-state index in [2.05, 4.69) is 9.71 Å². The summed E-state index contributed by atoms with van der Waals surface area (Å²) in [5.74, 6) is 0.999. The molecular weight excluding hydrogens is 316 g/mol. The average molecular weight is 330 g/mol. The third kappa shape index (κ3) is 2.49. The second-order valence-corrected chi connectivity index (χ2v) is 6.84. The van der Waals surface area contributed by atoms with E-state index >= 15 is 0 Å². The summed E-state index contributed by atoms with van der Waals surface area (Å²) in [6.07, 6.45) is 1.77. The average Bonchev–Trinajstić information content (AvgIpc) is 3.04. The van der Waals surface area contributed by atoms with Crippen LogP contribution in [0, 0.1) is 0 Å². The number of fused-ring (bicyclic) bond motifs is 2. The van der Waals surface area contributed by atoms with Crippen molar-refractivity contribution in [2.75, 3.05) is 17.9 Å². The summed E-state index contributed by atoms with van der Waals surface area (Å²) in [5, 5.41) is 0.937. The number of para-hydroxylation sites is 1. The van der Waals surface area contributed by atoms with E-state index < -0.39 is 10.0 Å². The molecule has 0 radical (unpaired) electrons. The quantitative estimate of drug-likeness (QED) is 0.774. The van der Waals surface area contributed by atoms with E-state index in [4.69, 9.17) is 9.47 Å². The van der Waals surface area contributed by atoms with E-state index in [1.54, 1.807) is 24.4 Å². The molecule has 7 heteroatoms. The highest BCUT2D eigenvalue weighted by Crippen LogP contribution is 2.33. The van der Waals surface area contributed by atoms with E-state index in [1.807, 2.05) is 12.1 Å². The highest BCUT2D eigenvalue weighted by Gasteiger charge is 2.20. The van der Waals surface area contributed by atoms with Gasteiger partial charge in [-0.05, 0) is 24.3 Å². The molecule has 0 unspecified atom stereocenters. The van der Waals surface area contributed by atoms with E-state index in [0.29, 0.717) is 30.4 Å². The van der Waals surface area contributed by atoms with Crippen LogP contribution < -0.4 is 14.2 Å². The van der Waals surface area contributed by atoms with Crippen LogP contribution in [0.5, 0.6) is 11.5 Å². The van der Waals surface area contributed by atoms with Crippen molar-refractivity contribution in [1.29, 1.82) is 0 Å². The van der Waals surface area contributed by atoms with Gasteiger partial charge in [0, 0.05) is 17.6 Å². The number of sulfonamides is 1. The van der Waals surface area contributed by atoms with Crippen LogP contribution >= 0.6 is 0 Å². The maximum absolute atomic E-state index is 12.6. The van der Waals surface area contributed by atoms with Gasteiger partial charge in [-0.15, -0.1) is 0 Å². The van der Waals surface area contributed by atoms with Crippen molar-refractivity contribution in [2.45, 2.75) is 4.90 Å². The highest BCUT2D eigenvalue weighted by atomic mass is 32.2. The lowest BCUT2D eigenvalue weighted by Gasteiger charge is -2.19. The van der Waals surface area contributed by atoms with Gasteiger partial charge >= 0.3 is 0 Å². The van der Waals surface area contributed by atoms with Crippen LogP contribution in [0.2, 0.25) is 0 Å². The van der Waals surface area contributed by atoms with Crippen molar-refractivity contribution >= 4 is 26.6 Å². The molecule has 3 aromatic rings. The van der Waals surface area contributed by atoms with E-state index in [9.17, 15) is 8.42 Å². The Balaban J connectivity index is 1.72. The Labute approximate surface area is 133 Å². The van der Waals surface area contributed by atoms with Crippen LogP contribution in [0.15, 0.2) is 53.6 Å². The first-order chi connectivity index (χ1) is 11.1. The Kier molecular flexibility index (Phi) is 3.16. The number of hydrogen-bond donors (Lipinski definition) is 2. The molecule has 2 heterocycles. The van der Waals surface area contributed by atoms with Crippen LogP contribution in [-0.2, 0) is 10.0 Å². The fourth-order valence-corrected chi connectivity index (χ4v) is 3.65. The summed E-state index contributed by atoms with van der Waals surface area (Å²) in [4.78, 5) is 3.17. The van der Waals surface area contributed by atoms with Crippen molar-refractivity contribution < 1.29 is 17.9 Å². The molecule has 0 aliphatic carbocycles. The summed E-state index contributed by atoms with van der Waals surface area (Å²) < 4.78 is 38.7. The molecule has 0 bridgehead atoms. The van der Waals surface area contributed by atoms with Crippen molar-refractivity contribution in [1.82, 2.24) is 4.98 Å². The lowest BCUT2D eigenvalue weighted by atomic mass is 10.2. The molecule has 0 saturated carbocycles. The highest BCUT2D eigenvalue weighted by molar-refractivity contribution is 7.92. The van der Waals surface area contributed by atoms with Gasteiger partial charge in [-0.2, -0.15) is 0 Å². The predicted octanol–water partition coefficient (Wildman–Crippen LogP) is 2.74. The summed E-state index contributed by atoms with van der Waals surface area (Å²) >= 11 is 0. The Morgan fingerprint density at radius 1 is 1.00 bits per heavy atom. The fraction of sp³-hybridized carbons (Fsp3) is 0.125. The third-order valence-electron chi connectivity index (χ3n) is 3.66. The molecule has 2 aromatic carbocycles. The molecule has 0 saturated heterocycles. The normalized spacial score (nSPS) is 13.9. The molecule has 118 valence electrons. The van der Waals surface area contributed by atoms with Gasteiger partial charge in [-0.3, -0.25) is 4.72 Å². The fourth-order valence-electron chi connectivity index (χ4n) is 2.56. The van der Waals surface area contributed by atoms with Crippen LogP contribution in [0.3, 0.4) is 0 Å². The molecule has 2 N–H and O–H groups in total. The van der Waals surface area contributed by atoms with Gasteiger partial charge in [-0.1, -0.05) is 12.1 Å². The zero-order valence-electron chi connectivity index (χ0n) is 12.1. The van der Waals surface area contributed by atoms with E-state index in [1.165, 1.54) is 12.1 Å². The van der Waals surface area contributed by atoms with Crippen LogP contribution in [-0.4, -0.2) is 26.6 Å². The molecule has 4 rings (SSSR count). The summed E-state index contributed by atoms with van der Waals surface area (Å²) in [5.41, 5.74) is 1.25. The van der Waals surface area contributed by atoms with Gasteiger partial charge in [0.05, 0.1) is 16.1 Å². The largest absolute Gasteiger partial charge is 0.486 e. The number of H-pyrrole nitrogens is 1. The molecule has 23 heavy (non-hydrogen) atoms. The Morgan fingerprint density at radius 3 is 2.70 bits per heavy atom. The number of anilines is 1. The number of ether oxygens (including phenoxy) is 2. The SMILES string of the molecule is O=S(=O)(Nc1cccc2cc[nH]c12)c1ccc2c(c1)OCCO2. The van der Waals surface area contributed by atoms with E-state index in [0.717, 1.165) is 10.9 Å². The molecule has 0 amide bonds.